The van der Waals surface area contributed by atoms with Crippen molar-refractivity contribution < 1.29 is 14.3 Å². The van der Waals surface area contributed by atoms with Gasteiger partial charge in [-0.3, -0.25) is 10.00 Å². The highest BCUT2D eigenvalue weighted by molar-refractivity contribution is 7.17. The zero-order valence-corrected chi connectivity index (χ0v) is 22.0. The molecule has 0 atom stereocenters. The van der Waals surface area contributed by atoms with Gasteiger partial charge in [0, 0.05) is 62.3 Å². The second-order valence-electron chi connectivity index (χ2n) is 9.74. The average Bonchev–Trinajstić information content (AvgIpc) is 3.56. The van der Waals surface area contributed by atoms with Crippen molar-refractivity contribution in [3.05, 3.63) is 35.3 Å². The van der Waals surface area contributed by atoms with E-state index >= 15 is 0 Å². The first kappa shape index (κ1) is 24.1. The summed E-state index contributed by atoms with van der Waals surface area (Å²) in [7, 11) is 0. The lowest BCUT2D eigenvalue weighted by Crippen LogP contribution is -2.48. The lowest BCUT2D eigenvalue weighted by Gasteiger charge is -2.34. The molecule has 2 aliphatic rings. The molecule has 2 saturated heterocycles. The number of anilines is 1. The standard InChI is InChI=1S/C26H31N7O3S/c1-17(2)36-26(34)33-8-6-31(7-9-33)15-18-16-37-24-22(18)28-25(32-10-12-35-13-11-32)29-23(24)19-4-3-5-21-20(19)14-27-30-21/h3-5,14,16-17H,6-13,15H2,1-2H3,(H,27,30). The molecule has 3 aromatic heterocycles. The largest absolute Gasteiger partial charge is 0.447 e. The molecule has 2 aliphatic heterocycles. The smallest absolute Gasteiger partial charge is 0.410 e. The summed E-state index contributed by atoms with van der Waals surface area (Å²) in [6, 6.07) is 6.18. The summed E-state index contributed by atoms with van der Waals surface area (Å²) >= 11 is 1.69. The fourth-order valence-electron chi connectivity index (χ4n) is 4.93. The maximum absolute atomic E-state index is 12.3. The van der Waals surface area contributed by atoms with Crippen LogP contribution in [0, 0.1) is 0 Å². The van der Waals surface area contributed by atoms with E-state index in [4.69, 9.17) is 19.4 Å². The number of nitrogens with one attached hydrogen (secondary N) is 1. The molecule has 10 nitrogen and oxygen atoms in total. The second-order valence-corrected chi connectivity index (χ2v) is 10.6. The number of carbonyl (C=O) groups excluding carboxylic acids is 1. The van der Waals surface area contributed by atoms with E-state index in [1.54, 1.807) is 16.2 Å². The lowest BCUT2D eigenvalue weighted by molar-refractivity contribution is 0.0560. The fourth-order valence-corrected chi connectivity index (χ4v) is 5.94. The topological polar surface area (TPSA) is 99.7 Å². The summed E-state index contributed by atoms with van der Waals surface area (Å²) in [6.07, 6.45) is 1.53. The van der Waals surface area contributed by atoms with E-state index in [0.29, 0.717) is 26.3 Å². The molecule has 0 aliphatic carbocycles. The number of aromatic amines is 1. The first-order valence-electron chi connectivity index (χ1n) is 12.8. The highest BCUT2D eigenvalue weighted by atomic mass is 32.1. The summed E-state index contributed by atoms with van der Waals surface area (Å²) in [5.74, 6) is 0.743. The maximum atomic E-state index is 12.3. The summed E-state index contributed by atoms with van der Waals surface area (Å²) in [5, 5.41) is 10.6. The van der Waals surface area contributed by atoms with Crippen LogP contribution in [0.15, 0.2) is 29.8 Å². The van der Waals surface area contributed by atoms with Crippen LogP contribution in [0.1, 0.15) is 19.4 Å². The van der Waals surface area contributed by atoms with E-state index in [1.807, 2.05) is 32.2 Å². The summed E-state index contributed by atoms with van der Waals surface area (Å²) < 4.78 is 12.0. The Balaban J connectivity index is 1.32. The van der Waals surface area contributed by atoms with Crippen molar-refractivity contribution in [1.82, 2.24) is 30.0 Å². The number of ether oxygens (including phenoxy) is 2. The number of hydrogen-bond acceptors (Lipinski definition) is 9. The fraction of sp³-hybridized carbons (Fsp3) is 0.462. The monoisotopic (exact) mass is 521 g/mol. The van der Waals surface area contributed by atoms with Crippen LogP contribution in [0.3, 0.4) is 0 Å². The zero-order valence-electron chi connectivity index (χ0n) is 21.1. The van der Waals surface area contributed by atoms with E-state index in [-0.39, 0.29) is 12.2 Å². The first-order chi connectivity index (χ1) is 18.1. The molecule has 0 unspecified atom stereocenters. The van der Waals surface area contributed by atoms with Crippen molar-refractivity contribution in [1.29, 1.82) is 0 Å². The van der Waals surface area contributed by atoms with Gasteiger partial charge in [-0.1, -0.05) is 12.1 Å². The number of piperazine rings is 1. The predicted molar refractivity (Wildman–Crippen MR) is 144 cm³/mol. The molecular weight excluding hydrogens is 490 g/mol. The Kier molecular flexibility index (Phi) is 6.66. The number of thiophene rings is 1. The number of hydrogen-bond donors (Lipinski definition) is 1. The molecule has 11 heteroatoms. The Hall–Kier alpha value is -3.28. The van der Waals surface area contributed by atoms with Gasteiger partial charge in [0.15, 0.2) is 0 Å². The molecule has 6 rings (SSSR count). The van der Waals surface area contributed by atoms with Crippen molar-refractivity contribution in [3.63, 3.8) is 0 Å². The van der Waals surface area contributed by atoms with Crippen molar-refractivity contribution >= 4 is 44.5 Å². The number of amides is 1. The minimum Gasteiger partial charge on any atom is -0.447 e. The van der Waals surface area contributed by atoms with Gasteiger partial charge in [0.25, 0.3) is 0 Å². The minimum atomic E-state index is -0.225. The van der Waals surface area contributed by atoms with Crippen LogP contribution in [-0.4, -0.2) is 94.6 Å². The Labute approximate surface area is 219 Å². The summed E-state index contributed by atoms with van der Waals surface area (Å²) in [4.78, 5) is 28.9. The lowest BCUT2D eigenvalue weighted by atomic mass is 10.1. The Morgan fingerprint density at radius 1 is 1.14 bits per heavy atom. The van der Waals surface area contributed by atoms with Crippen molar-refractivity contribution in [2.75, 3.05) is 57.4 Å². The highest BCUT2D eigenvalue weighted by Gasteiger charge is 2.25. The van der Waals surface area contributed by atoms with Gasteiger partial charge < -0.3 is 19.3 Å². The third kappa shape index (κ3) is 4.86. The molecule has 37 heavy (non-hydrogen) atoms. The third-order valence-electron chi connectivity index (χ3n) is 6.87. The van der Waals surface area contributed by atoms with E-state index in [0.717, 1.165) is 71.0 Å². The number of carbonyl (C=O) groups is 1. The molecule has 194 valence electrons. The molecule has 2 fully saturated rings. The van der Waals surface area contributed by atoms with Crippen LogP contribution in [0.25, 0.3) is 32.4 Å². The Bertz CT molecular complexity index is 1400. The van der Waals surface area contributed by atoms with E-state index in [2.05, 4.69) is 31.4 Å². The van der Waals surface area contributed by atoms with Gasteiger partial charge in [0.2, 0.25) is 5.95 Å². The van der Waals surface area contributed by atoms with Gasteiger partial charge in [-0.15, -0.1) is 11.3 Å². The third-order valence-corrected chi connectivity index (χ3v) is 7.90. The quantitative estimate of drug-likeness (QED) is 0.424. The molecule has 5 heterocycles. The molecule has 0 radical (unpaired) electrons. The van der Waals surface area contributed by atoms with E-state index in [9.17, 15) is 4.79 Å². The summed E-state index contributed by atoms with van der Waals surface area (Å²) in [5.41, 5.74) is 5.17. The molecule has 1 aromatic carbocycles. The van der Waals surface area contributed by atoms with Crippen LogP contribution in [-0.2, 0) is 16.0 Å². The van der Waals surface area contributed by atoms with Crippen LogP contribution in [0.2, 0.25) is 0 Å². The molecular formula is C26H31N7O3S. The number of aromatic nitrogens is 4. The average molecular weight is 522 g/mol. The van der Waals surface area contributed by atoms with Crippen molar-refractivity contribution in [2.45, 2.75) is 26.5 Å². The Morgan fingerprint density at radius 2 is 1.95 bits per heavy atom. The predicted octanol–water partition coefficient (Wildman–Crippen LogP) is 3.73. The van der Waals surface area contributed by atoms with Gasteiger partial charge >= 0.3 is 6.09 Å². The Morgan fingerprint density at radius 3 is 2.73 bits per heavy atom. The van der Waals surface area contributed by atoms with Crippen LogP contribution < -0.4 is 4.90 Å². The van der Waals surface area contributed by atoms with Crippen LogP contribution in [0.5, 0.6) is 0 Å². The maximum Gasteiger partial charge on any atom is 0.410 e. The second kappa shape index (κ2) is 10.2. The molecule has 1 amide bonds. The number of benzene rings is 1. The number of rotatable bonds is 5. The van der Waals surface area contributed by atoms with Crippen LogP contribution in [0.4, 0.5) is 10.7 Å². The highest BCUT2D eigenvalue weighted by Crippen LogP contribution is 2.37. The SMILES string of the molecule is CC(C)OC(=O)N1CCN(Cc2csc3c(-c4cccc5[nH]ncc45)nc(N4CCOCC4)nc23)CC1. The van der Waals surface area contributed by atoms with Crippen molar-refractivity contribution in [3.8, 4) is 11.3 Å². The molecule has 0 saturated carbocycles. The summed E-state index contributed by atoms with van der Waals surface area (Å²) in [6.45, 7) is 10.4. The van der Waals surface area contributed by atoms with Gasteiger partial charge in [-0.05, 0) is 25.3 Å². The van der Waals surface area contributed by atoms with Gasteiger partial charge in [0.1, 0.15) is 0 Å². The van der Waals surface area contributed by atoms with Crippen LogP contribution >= 0.6 is 11.3 Å². The zero-order chi connectivity index (χ0) is 25.4. The minimum absolute atomic E-state index is 0.106. The van der Waals surface area contributed by atoms with Gasteiger partial charge in [-0.2, -0.15) is 5.10 Å². The molecule has 0 spiro atoms. The van der Waals surface area contributed by atoms with E-state index in [1.165, 1.54) is 5.56 Å². The normalized spacial score (nSPS) is 17.3. The number of morpholine rings is 1. The number of H-pyrrole nitrogens is 1. The number of fused-ring (bicyclic) bond motifs is 2. The van der Waals surface area contributed by atoms with E-state index < -0.39 is 0 Å². The number of nitrogens with zero attached hydrogens (tertiary/aromatic N) is 6. The molecule has 4 aromatic rings. The van der Waals surface area contributed by atoms with Gasteiger partial charge in [0.05, 0.1) is 46.9 Å². The van der Waals surface area contributed by atoms with Gasteiger partial charge in [-0.25, -0.2) is 14.8 Å². The van der Waals surface area contributed by atoms with Crippen molar-refractivity contribution in [2.24, 2.45) is 0 Å². The molecule has 0 bridgehead atoms. The first-order valence-corrected chi connectivity index (χ1v) is 13.7. The molecule has 1 N–H and O–H groups in total.